The van der Waals surface area contributed by atoms with Gasteiger partial charge in [0.05, 0.1) is 0 Å². The molecule has 1 saturated heterocycles. The average Bonchev–Trinajstić information content (AvgIpc) is 3.04. The molecule has 2 N–H and O–H groups in total. The smallest absolute Gasteiger partial charge is 0.257 e. The standard InChI is InChI=1S/C17H20N4O2/c22-16-14-2-1-13(10-12(14)5-8-19-16)17-20-15(21-23-17)9-11-3-6-18-7-4-11/h1-2,10-11,18H,3-9H2,(H,19,22). The summed E-state index contributed by atoms with van der Waals surface area (Å²) in [7, 11) is 0. The van der Waals surface area contributed by atoms with Crippen molar-refractivity contribution < 1.29 is 9.32 Å². The summed E-state index contributed by atoms with van der Waals surface area (Å²) in [4.78, 5) is 16.3. The van der Waals surface area contributed by atoms with Crippen molar-refractivity contribution in [2.24, 2.45) is 5.92 Å². The molecule has 6 nitrogen and oxygen atoms in total. The minimum absolute atomic E-state index is 0.00470. The largest absolute Gasteiger partial charge is 0.352 e. The Morgan fingerprint density at radius 3 is 2.96 bits per heavy atom. The van der Waals surface area contributed by atoms with Gasteiger partial charge in [-0.2, -0.15) is 4.98 Å². The van der Waals surface area contributed by atoms with Gasteiger partial charge in [-0.25, -0.2) is 0 Å². The fourth-order valence-corrected chi connectivity index (χ4v) is 3.36. The molecule has 0 atom stereocenters. The van der Waals surface area contributed by atoms with E-state index in [2.05, 4.69) is 20.8 Å². The Kier molecular flexibility index (Phi) is 3.83. The Balaban J connectivity index is 1.53. The lowest BCUT2D eigenvalue weighted by molar-refractivity contribution is 0.0946. The molecular formula is C17H20N4O2. The van der Waals surface area contributed by atoms with Crippen LogP contribution >= 0.6 is 0 Å². The summed E-state index contributed by atoms with van der Waals surface area (Å²) >= 11 is 0. The molecule has 2 aliphatic heterocycles. The SMILES string of the molecule is O=C1NCCc2cc(-c3nc(CC4CCNCC4)no3)ccc21. The molecule has 1 aromatic heterocycles. The first-order chi connectivity index (χ1) is 11.3. The van der Waals surface area contributed by atoms with E-state index in [1.807, 2.05) is 18.2 Å². The van der Waals surface area contributed by atoms with Crippen molar-refractivity contribution in [1.82, 2.24) is 20.8 Å². The van der Waals surface area contributed by atoms with E-state index in [1.54, 1.807) is 0 Å². The maximum atomic E-state index is 11.8. The highest BCUT2D eigenvalue weighted by atomic mass is 16.5. The number of hydrogen-bond acceptors (Lipinski definition) is 5. The first-order valence-corrected chi connectivity index (χ1v) is 8.24. The molecule has 0 spiro atoms. The normalized spacial score (nSPS) is 18.5. The van der Waals surface area contributed by atoms with Crippen LogP contribution in [0.2, 0.25) is 0 Å². The first-order valence-electron chi connectivity index (χ1n) is 8.24. The van der Waals surface area contributed by atoms with Crippen LogP contribution in [0.15, 0.2) is 22.7 Å². The lowest BCUT2D eigenvalue weighted by atomic mass is 9.94. The molecule has 120 valence electrons. The average molecular weight is 312 g/mol. The van der Waals surface area contributed by atoms with Crippen LogP contribution in [0.5, 0.6) is 0 Å². The monoisotopic (exact) mass is 312 g/mol. The molecule has 0 aliphatic carbocycles. The van der Waals surface area contributed by atoms with E-state index in [4.69, 9.17) is 4.52 Å². The maximum absolute atomic E-state index is 11.8. The Morgan fingerprint density at radius 2 is 2.09 bits per heavy atom. The van der Waals surface area contributed by atoms with Crippen LogP contribution in [-0.2, 0) is 12.8 Å². The number of nitrogens with one attached hydrogen (secondary N) is 2. The van der Waals surface area contributed by atoms with Crippen LogP contribution in [-0.4, -0.2) is 35.7 Å². The van der Waals surface area contributed by atoms with Crippen molar-refractivity contribution in [3.05, 3.63) is 35.2 Å². The Bertz CT molecular complexity index is 719. The van der Waals surface area contributed by atoms with Gasteiger partial charge in [-0.3, -0.25) is 4.79 Å². The van der Waals surface area contributed by atoms with Crippen LogP contribution in [0.1, 0.15) is 34.6 Å². The van der Waals surface area contributed by atoms with Crippen molar-refractivity contribution in [2.45, 2.75) is 25.7 Å². The van der Waals surface area contributed by atoms with Gasteiger partial charge in [0, 0.05) is 24.1 Å². The van der Waals surface area contributed by atoms with Gasteiger partial charge in [0.1, 0.15) is 0 Å². The minimum Gasteiger partial charge on any atom is -0.352 e. The second-order valence-corrected chi connectivity index (χ2v) is 6.29. The van der Waals surface area contributed by atoms with Gasteiger partial charge in [-0.1, -0.05) is 5.16 Å². The van der Waals surface area contributed by atoms with Crippen molar-refractivity contribution in [3.8, 4) is 11.5 Å². The fourth-order valence-electron chi connectivity index (χ4n) is 3.36. The number of carbonyl (C=O) groups is 1. The molecule has 4 rings (SSSR count). The highest BCUT2D eigenvalue weighted by Gasteiger charge is 2.20. The molecule has 1 fully saturated rings. The number of hydrogen-bond donors (Lipinski definition) is 2. The zero-order valence-corrected chi connectivity index (χ0v) is 13.0. The van der Waals surface area contributed by atoms with Crippen molar-refractivity contribution in [1.29, 1.82) is 0 Å². The molecule has 6 heteroatoms. The van der Waals surface area contributed by atoms with Crippen LogP contribution in [0.4, 0.5) is 0 Å². The van der Waals surface area contributed by atoms with Crippen molar-refractivity contribution >= 4 is 5.91 Å². The molecule has 2 aliphatic rings. The summed E-state index contributed by atoms with van der Waals surface area (Å²) in [5, 5.41) is 10.3. The predicted octanol–water partition coefficient (Wildman–Crippen LogP) is 1.56. The maximum Gasteiger partial charge on any atom is 0.257 e. The van der Waals surface area contributed by atoms with E-state index in [1.165, 1.54) is 0 Å². The minimum atomic E-state index is -0.00470. The summed E-state index contributed by atoms with van der Waals surface area (Å²) in [6, 6.07) is 5.72. The van der Waals surface area contributed by atoms with E-state index in [-0.39, 0.29) is 5.91 Å². The molecule has 1 amide bonds. The number of benzene rings is 1. The van der Waals surface area contributed by atoms with E-state index < -0.39 is 0 Å². The van der Waals surface area contributed by atoms with E-state index in [0.717, 1.165) is 61.3 Å². The number of rotatable bonds is 3. The van der Waals surface area contributed by atoms with Crippen LogP contribution in [0.25, 0.3) is 11.5 Å². The van der Waals surface area contributed by atoms with Gasteiger partial charge in [0.25, 0.3) is 11.8 Å². The van der Waals surface area contributed by atoms with Crippen LogP contribution < -0.4 is 10.6 Å². The van der Waals surface area contributed by atoms with Crippen LogP contribution in [0, 0.1) is 5.92 Å². The third-order valence-corrected chi connectivity index (χ3v) is 4.67. The second-order valence-electron chi connectivity index (χ2n) is 6.29. The Hall–Kier alpha value is -2.21. The quantitative estimate of drug-likeness (QED) is 0.899. The first kappa shape index (κ1) is 14.4. The van der Waals surface area contributed by atoms with Crippen molar-refractivity contribution in [2.75, 3.05) is 19.6 Å². The molecule has 0 saturated carbocycles. The van der Waals surface area contributed by atoms with Crippen LogP contribution in [0.3, 0.4) is 0 Å². The third kappa shape index (κ3) is 2.99. The lowest BCUT2D eigenvalue weighted by Gasteiger charge is -2.20. The topological polar surface area (TPSA) is 80.0 Å². The van der Waals surface area contributed by atoms with E-state index >= 15 is 0 Å². The number of carbonyl (C=O) groups excluding carboxylic acids is 1. The van der Waals surface area contributed by atoms with Gasteiger partial charge in [-0.05, 0) is 62.0 Å². The molecule has 0 bridgehead atoms. The van der Waals surface area contributed by atoms with Gasteiger partial charge in [0.2, 0.25) is 0 Å². The summed E-state index contributed by atoms with van der Waals surface area (Å²) in [6.45, 7) is 2.82. The summed E-state index contributed by atoms with van der Waals surface area (Å²) in [6.07, 6.45) is 4.04. The van der Waals surface area contributed by atoms with E-state index in [9.17, 15) is 4.79 Å². The molecule has 3 heterocycles. The molecule has 23 heavy (non-hydrogen) atoms. The predicted molar refractivity (Wildman–Crippen MR) is 85.1 cm³/mol. The molecule has 2 aromatic rings. The Morgan fingerprint density at radius 1 is 1.22 bits per heavy atom. The summed E-state index contributed by atoms with van der Waals surface area (Å²) in [5.41, 5.74) is 2.68. The number of aromatic nitrogens is 2. The molecule has 0 unspecified atom stereocenters. The van der Waals surface area contributed by atoms with Gasteiger partial charge < -0.3 is 15.2 Å². The number of piperidine rings is 1. The third-order valence-electron chi connectivity index (χ3n) is 4.67. The zero-order valence-electron chi connectivity index (χ0n) is 13.0. The molecule has 0 radical (unpaired) electrons. The van der Waals surface area contributed by atoms with Gasteiger partial charge >= 0.3 is 0 Å². The summed E-state index contributed by atoms with van der Waals surface area (Å²) < 4.78 is 5.43. The molecule has 1 aromatic carbocycles. The number of fused-ring (bicyclic) bond motifs is 1. The lowest BCUT2D eigenvalue weighted by Crippen LogP contribution is -2.31. The number of amides is 1. The molecular weight excluding hydrogens is 292 g/mol. The van der Waals surface area contributed by atoms with Gasteiger partial charge in [-0.15, -0.1) is 0 Å². The van der Waals surface area contributed by atoms with Gasteiger partial charge in [0.15, 0.2) is 5.82 Å². The second kappa shape index (κ2) is 6.12. The zero-order chi connectivity index (χ0) is 15.6. The summed E-state index contributed by atoms with van der Waals surface area (Å²) in [5.74, 6) is 1.95. The van der Waals surface area contributed by atoms with E-state index in [0.29, 0.717) is 18.4 Å². The number of nitrogens with zero attached hydrogens (tertiary/aromatic N) is 2. The highest BCUT2D eigenvalue weighted by molar-refractivity contribution is 5.97. The highest BCUT2D eigenvalue weighted by Crippen LogP contribution is 2.24. The Labute approximate surface area is 134 Å². The van der Waals surface area contributed by atoms with Crippen molar-refractivity contribution in [3.63, 3.8) is 0 Å². The fraction of sp³-hybridized carbons (Fsp3) is 0.471.